The average molecular weight is 524 g/mol. The van der Waals surface area contributed by atoms with E-state index in [2.05, 4.69) is 38.5 Å². The predicted molar refractivity (Wildman–Crippen MR) is 104 cm³/mol. The molecule has 0 aliphatic carbocycles. The van der Waals surface area contributed by atoms with E-state index in [1.807, 2.05) is 0 Å². The van der Waals surface area contributed by atoms with Gasteiger partial charge in [-0.3, -0.25) is 9.10 Å². The summed E-state index contributed by atoms with van der Waals surface area (Å²) in [5, 5.41) is 0. The highest BCUT2D eigenvalue weighted by Crippen LogP contribution is 2.25. The van der Waals surface area contributed by atoms with Crippen molar-refractivity contribution in [1.82, 2.24) is 0 Å². The standard InChI is InChI=1S/C16H15BrINO4S/c1-2-23-16(20)11-19(14-7-5-13(18)6-8-14)24(21,22)15-9-3-12(17)4-10-15/h3-10H,2,11H2,1H3. The summed E-state index contributed by atoms with van der Waals surface area (Å²) in [6, 6.07) is 13.2. The maximum atomic E-state index is 13.0. The van der Waals surface area contributed by atoms with Crippen LogP contribution in [0, 0.1) is 3.57 Å². The minimum atomic E-state index is -3.89. The van der Waals surface area contributed by atoms with Gasteiger partial charge in [-0.25, -0.2) is 8.42 Å². The third-order valence-electron chi connectivity index (χ3n) is 3.09. The molecular weight excluding hydrogens is 509 g/mol. The van der Waals surface area contributed by atoms with Crippen LogP contribution in [0.1, 0.15) is 6.92 Å². The number of hydrogen-bond donors (Lipinski definition) is 0. The molecule has 0 atom stereocenters. The molecule has 0 bridgehead atoms. The van der Waals surface area contributed by atoms with Crippen LogP contribution in [0.5, 0.6) is 0 Å². The minimum absolute atomic E-state index is 0.105. The molecule has 0 saturated heterocycles. The largest absolute Gasteiger partial charge is 0.465 e. The van der Waals surface area contributed by atoms with E-state index in [-0.39, 0.29) is 18.0 Å². The molecule has 0 unspecified atom stereocenters. The second-order valence-electron chi connectivity index (χ2n) is 4.75. The SMILES string of the molecule is CCOC(=O)CN(c1ccc(I)cc1)S(=O)(=O)c1ccc(Br)cc1. The van der Waals surface area contributed by atoms with Gasteiger partial charge in [0.15, 0.2) is 0 Å². The highest BCUT2D eigenvalue weighted by Gasteiger charge is 2.27. The fraction of sp³-hybridized carbons (Fsp3) is 0.188. The first-order valence-electron chi connectivity index (χ1n) is 7.04. The molecule has 0 saturated carbocycles. The summed E-state index contributed by atoms with van der Waals surface area (Å²) in [4.78, 5) is 12.0. The molecule has 5 nitrogen and oxygen atoms in total. The molecule has 8 heteroatoms. The van der Waals surface area contributed by atoms with Gasteiger partial charge in [-0.15, -0.1) is 0 Å². The van der Waals surface area contributed by atoms with E-state index < -0.39 is 16.0 Å². The fourth-order valence-electron chi connectivity index (χ4n) is 1.98. The van der Waals surface area contributed by atoms with Crippen LogP contribution in [0.3, 0.4) is 0 Å². The molecule has 128 valence electrons. The number of carbonyl (C=O) groups excluding carboxylic acids is 1. The lowest BCUT2D eigenvalue weighted by Gasteiger charge is -2.23. The van der Waals surface area contributed by atoms with Crippen LogP contribution in [0.2, 0.25) is 0 Å². The number of rotatable bonds is 6. The Morgan fingerprint density at radius 2 is 1.71 bits per heavy atom. The van der Waals surface area contributed by atoms with E-state index in [9.17, 15) is 13.2 Å². The predicted octanol–water partition coefficient (Wildman–Crippen LogP) is 3.81. The lowest BCUT2D eigenvalue weighted by atomic mass is 10.3. The second kappa shape index (κ2) is 8.30. The summed E-state index contributed by atoms with van der Waals surface area (Å²) in [6.45, 7) is 1.49. The van der Waals surface area contributed by atoms with Gasteiger partial charge in [0.1, 0.15) is 6.54 Å². The fourth-order valence-corrected chi connectivity index (χ4v) is 4.01. The highest BCUT2D eigenvalue weighted by atomic mass is 127. The Morgan fingerprint density at radius 1 is 1.12 bits per heavy atom. The molecule has 0 amide bonds. The molecule has 0 aliphatic heterocycles. The van der Waals surface area contributed by atoms with Gasteiger partial charge in [-0.1, -0.05) is 15.9 Å². The number of halogens is 2. The van der Waals surface area contributed by atoms with Gasteiger partial charge in [0.05, 0.1) is 17.2 Å². The van der Waals surface area contributed by atoms with E-state index in [0.717, 1.165) is 12.3 Å². The smallest absolute Gasteiger partial charge is 0.326 e. The van der Waals surface area contributed by atoms with Crippen molar-refractivity contribution in [2.45, 2.75) is 11.8 Å². The zero-order chi connectivity index (χ0) is 17.7. The van der Waals surface area contributed by atoms with Gasteiger partial charge < -0.3 is 4.74 Å². The number of anilines is 1. The van der Waals surface area contributed by atoms with Gasteiger partial charge >= 0.3 is 5.97 Å². The van der Waals surface area contributed by atoms with Crippen LogP contribution in [-0.4, -0.2) is 27.5 Å². The molecule has 24 heavy (non-hydrogen) atoms. The summed E-state index contributed by atoms with van der Waals surface area (Å²) in [5.74, 6) is -0.600. The molecule has 0 aliphatic rings. The van der Waals surface area contributed by atoms with Crippen molar-refractivity contribution in [3.05, 3.63) is 56.6 Å². The number of hydrogen-bond acceptors (Lipinski definition) is 4. The van der Waals surface area contributed by atoms with Crippen LogP contribution >= 0.6 is 38.5 Å². The number of sulfonamides is 1. The number of ether oxygens (including phenoxy) is 1. The molecule has 2 rings (SSSR count). The van der Waals surface area contributed by atoms with Gasteiger partial charge in [-0.05, 0) is 78.0 Å². The van der Waals surface area contributed by atoms with E-state index >= 15 is 0 Å². The maximum absolute atomic E-state index is 13.0. The lowest BCUT2D eigenvalue weighted by molar-refractivity contribution is -0.141. The molecule has 0 N–H and O–H groups in total. The third-order valence-corrected chi connectivity index (χ3v) is 6.13. The van der Waals surface area contributed by atoms with Gasteiger partial charge in [0, 0.05) is 8.04 Å². The summed E-state index contributed by atoms with van der Waals surface area (Å²) in [6.07, 6.45) is 0. The second-order valence-corrected chi connectivity index (χ2v) is 8.77. The Labute approximate surface area is 163 Å². The van der Waals surface area contributed by atoms with Crippen molar-refractivity contribution in [2.24, 2.45) is 0 Å². The molecular formula is C16H15BrINO4S. The molecule has 0 fully saturated rings. The average Bonchev–Trinajstić information content (AvgIpc) is 2.54. The summed E-state index contributed by atoms with van der Waals surface area (Å²) in [7, 11) is -3.89. The van der Waals surface area contributed by atoms with Crippen molar-refractivity contribution < 1.29 is 17.9 Å². The van der Waals surface area contributed by atoms with Crippen LogP contribution < -0.4 is 4.31 Å². The van der Waals surface area contributed by atoms with E-state index in [1.165, 1.54) is 12.1 Å². The molecule has 0 spiro atoms. The Kier molecular flexibility index (Phi) is 6.64. The topological polar surface area (TPSA) is 63.7 Å². The zero-order valence-electron chi connectivity index (χ0n) is 12.8. The Hall–Kier alpha value is -1.13. The molecule has 0 heterocycles. The summed E-state index contributed by atoms with van der Waals surface area (Å²) < 4.78 is 33.7. The minimum Gasteiger partial charge on any atom is -0.465 e. The summed E-state index contributed by atoms with van der Waals surface area (Å²) in [5.41, 5.74) is 0.409. The van der Waals surface area contributed by atoms with Crippen LogP contribution in [0.15, 0.2) is 57.9 Å². The normalized spacial score (nSPS) is 11.1. The van der Waals surface area contributed by atoms with E-state index in [0.29, 0.717) is 5.69 Å². The lowest BCUT2D eigenvalue weighted by Crippen LogP contribution is -2.36. The van der Waals surface area contributed by atoms with Crippen molar-refractivity contribution in [2.75, 3.05) is 17.5 Å². The Bertz CT molecular complexity index is 807. The molecule has 2 aromatic rings. The monoisotopic (exact) mass is 523 g/mol. The Balaban J connectivity index is 2.45. The van der Waals surface area contributed by atoms with E-state index in [4.69, 9.17) is 4.74 Å². The summed E-state index contributed by atoms with van der Waals surface area (Å²) >= 11 is 5.41. The first kappa shape index (κ1) is 19.2. The quantitative estimate of drug-likeness (QED) is 0.426. The first-order valence-corrected chi connectivity index (χ1v) is 10.3. The van der Waals surface area contributed by atoms with Gasteiger partial charge in [-0.2, -0.15) is 0 Å². The molecule has 2 aromatic carbocycles. The maximum Gasteiger partial charge on any atom is 0.326 e. The van der Waals surface area contributed by atoms with Gasteiger partial charge in [0.25, 0.3) is 10.0 Å². The highest BCUT2D eigenvalue weighted by molar-refractivity contribution is 14.1. The van der Waals surface area contributed by atoms with Crippen molar-refractivity contribution in [3.8, 4) is 0 Å². The van der Waals surface area contributed by atoms with Gasteiger partial charge in [0.2, 0.25) is 0 Å². The molecule has 0 radical (unpaired) electrons. The number of nitrogens with zero attached hydrogens (tertiary/aromatic N) is 1. The molecule has 0 aromatic heterocycles. The van der Waals surface area contributed by atoms with Crippen LogP contribution in [0.4, 0.5) is 5.69 Å². The zero-order valence-corrected chi connectivity index (χ0v) is 17.3. The van der Waals surface area contributed by atoms with Crippen molar-refractivity contribution >= 4 is 60.2 Å². The third kappa shape index (κ3) is 4.70. The van der Waals surface area contributed by atoms with Crippen molar-refractivity contribution in [1.29, 1.82) is 0 Å². The van der Waals surface area contributed by atoms with Crippen LogP contribution in [-0.2, 0) is 19.6 Å². The van der Waals surface area contributed by atoms with Crippen LogP contribution in [0.25, 0.3) is 0 Å². The van der Waals surface area contributed by atoms with E-state index in [1.54, 1.807) is 43.3 Å². The first-order chi connectivity index (χ1) is 11.3. The van der Waals surface area contributed by atoms with Crippen molar-refractivity contribution in [3.63, 3.8) is 0 Å². The Morgan fingerprint density at radius 3 is 2.25 bits per heavy atom. The number of carbonyl (C=O) groups is 1. The number of benzene rings is 2. The number of esters is 1.